The number of anilines is 1. The molecule has 0 aliphatic rings. The fraction of sp³-hybridized carbons (Fsp3) is 0.533. The molecule has 1 aromatic carbocycles. The minimum Gasteiger partial charge on any atom is -0.325 e. The molecule has 0 atom stereocenters. The van der Waals surface area contributed by atoms with E-state index in [2.05, 4.69) is 29.4 Å². The van der Waals surface area contributed by atoms with Gasteiger partial charge in [0.25, 0.3) is 0 Å². The van der Waals surface area contributed by atoms with Gasteiger partial charge in [-0.15, -0.1) is 0 Å². The third-order valence-electron chi connectivity index (χ3n) is 3.01. The SMILES string of the molecule is CCCN(CC)CCNCC(=O)Nc1ccc(F)cc1. The van der Waals surface area contributed by atoms with Crippen LogP contribution in [0.3, 0.4) is 0 Å². The summed E-state index contributed by atoms with van der Waals surface area (Å²) in [5.41, 5.74) is 0.611. The lowest BCUT2D eigenvalue weighted by Gasteiger charge is -2.19. The van der Waals surface area contributed by atoms with Gasteiger partial charge in [-0.05, 0) is 43.8 Å². The van der Waals surface area contributed by atoms with Crippen molar-refractivity contribution in [3.63, 3.8) is 0 Å². The quantitative estimate of drug-likeness (QED) is 0.681. The van der Waals surface area contributed by atoms with Gasteiger partial charge in [0, 0.05) is 18.8 Å². The fourth-order valence-corrected chi connectivity index (χ4v) is 1.92. The summed E-state index contributed by atoms with van der Waals surface area (Å²) in [6, 6.07) is 5.75. The Balaban J connectivity index is 2.18. The molecule has 20 heavy (non-hydrogen) atoms. The molecule has 0 aromatic heterocycles. The second kappa shape index (κ2) is 9.44. The Kier molecular flexibility index (Phi) is 7.84. The van der Waals surface area contributed by atoms with E-state index in [-0.39, 0.29) is 18.3 Å². The van der Waals surface area contributed by atoms with Crippen molar-refractivity contribution in [1.29, 1.82) is 0 Å². The topological polar surface area (TPSA) is 44.4 Å². The number of rotatable bonds is 9. The summed E-state index contributed by atoms with van der Waals surface area (Å²) < 4.78 is 12.7. The third kappa shape index (κ3) is 6.63. The number of halogens is 1. The summed E-state index contributed by atoms with van der Waals surface area (Å²) in [6.07, 6.45) is 1.14. The molecular weight excluding hydrogens is 257 g/mol. The number of nitrogens with zero attached hydrogens (tertiary/aromatic N) is 1. The number of hydrogen-bond donors (Lipinski definition) is 2. The van der Waals surface area contributed by atoms with Crippen LogP contribution in [-0.2, 0) is 4.79 Å². The highest BCUT2D eigenvalue weighted by Crippen LogP contribution is 2.07. The smallest absolute Gasteiger partial charge is 0.238 e. The van der Waals surface area contributed by atoms with E-state index in [1.807, 2.05) is 0 Å². The monoisotopic (exact) mass is 281 g/mol. The van der Waals surface area contributed by atoms with Crippen LogP contribution in [-0.4, -0.2) is 43.5 Å². The van der Waals surface area contributed by atoms with Crippen LogP contribution in [0.1, 0.15) is 20.3 Å². The normalized spacial score (nSPS) is 10.8. The summed E-state index contributed by atoms with van der Waals surface area (Å²) in [5.74, 6) is -0.424. The molecule has 0 aliphatic carbocycles. The number of hydrogen-bond acceptors (Lipinski definition) is 3. The first-order valence-electron chi connectivity index (χ1n) is 7.14. The number of nitrogens with one attached hydrogen (secondary N) is 2. The Hall–Kier alpha value is -1.46. The number of benzene rings is 1. The maximum absolute atomic E-state index is 12.7. The van der Waals surface area contributed by atoms with Gasteiger partial charge in [-0.25, -0.2) is 4.39 Å². The molecular formula is C15H24FN3O. The van der Waals surface area contributed by atoms with E-state index in [9.17, 15) is 9.18 Å². The summed E-state index contributed by atoms with van der Waals surface area (Å²) in [7, 11) is 0. The number of carbonyl (C=O) groups is 1. The largest absolute Gasteiger partial charge is 0.325 e. The molecule has 0 heterocycles. The molecule has 1 amide bonds. The van der Waals surface area contributed by atoms with E-state index in [1.54, 1.807) is 12.1 Å². The summed E-state index contributed by atoms with van der Waals surface area (Å²) >= 11 is 0. The summed E-state index contributed by atoms with van der Waals surface area (Å²) in [4.78, 5) is 14.0. The van der Waals surface area contributed by atoms with E-state index in [0.29, 0.717) is 5.69 Å². The first kappa shape index (κ1) is 16.6. The lowest BCUT2D eigenvalue weighted by molar-refractivity contribution is -0.115. The van der Waals surface area contributed by atoms with Crippen molar-refractivity contribution < 1.29 is 9.18 Å². The zero-order valence-corrected chi connectivity index (χ0v) is 12.3. The van der Waals surface area contributed by atoms with Crippen molar-refractivity contribution in [3.05, 3.63) is 30.1 Å². The van der Waals surface area contributed by atoms with Gasteiger partial charge in [-0.1, -0.05) is 13.8 Å². The van der Waals surface area contributed by atoms with Crippen molar-refractivity contribution in [3.8, 4) is 0 Å². The standard InChI is InChI=1S/C15H24FN3O/c1-3-10-19(4-2)11-9-17-12-15(20)18-14-7-5-13(16)6-8-14/h5-8,17H,3-4,9-12H2,1-2H3,(H,18,20). The minimum atomic E-state index is -0.309. The van der Waals surface area contributed by atoms with Gasteiger partial charge in [0.15, 0.2) is 0 Å². The Morgan fingerprint density at radius 2 is 1.90 bits per heavy atom. The van der Waals surface area contributed by atoms with Crippen molar-refractivity contribution in [2.75, 3.05) is 38.0 Å². The molecule has 0 saturated carbocycles. The molecule has 0 saturated heterocycles. The molecule has 5 heteroatoms. The Morgan fingerprint density at radius 3 is 2.50 bits per heavy atom. The Labute approximate surface area is 120 Å². The summed E-state index contributed by atoms with van der Waals surface area (Å²) in [5, 5.41) is 5.83. The number of carbonyl (C=O) groups excluding carboxylic acids is 1. The van der Waals surface area contributed by atoms with E-state index in [4.69, 9.17) is 0 Å². The molecule has 0 fully saturated rings. The lowest BCUT2D eigenvalue weighted by atomic mass is 10.3. The van der Waals surface area contributed by atoms with E-state index >= 15 is 0 Å². The highest BCUT2D eigenvalue weighted by molar-refractivity contribution is 5.92. The van der Waals surface area contributed by atoms with E-state index in [1.165, 1.54) is 12.1 Å². The Morgan fingerprint density at radius 1 is 1.20 bits per heavy atom. The third-order valence-corrected chi connectivity index (χ3v) is 3.01. The first-order valence-corrected chi connectivity index (χ1v) is 7.14. The zero-order valence-electron chi connectivity index (χ0n) is 12.3. The van der Waals surface area contributed by atoms with Crippen LogP contribution in [0.5, 0.6) is 0 Å². The molecule has 0 unspecified atom stereocenters. The van der Waals surface area contributed by atoms with Crippen LogP contribution in [0.25, 0.3) is 0 Å². The molecule has 1 rings (SSSR count). The number of likely N-dealkylation sites (N-methyl/N-ethyl adjacent to an activating group) is 1. The van der Waals surface area contributed by atoms with Gasteiger partial charge in [-0.3, -0.25) is 4.79 Å². The van der Waals surface area contributed by atoms with Crippen LogP contribution in [0, 0.1) is 5.82 Å². The molecule has 2 N–H and O–H groups in total. The maximum atomic E-state index is 12.7. The molecule has 1 aromatic rings. The highest BCUT2D eigenvalue weighted by atomic mass is 19.1. The van der Waals surface area contributed by atoms with Crippen molar-refractivity contribution in [2.24, 2.45) is 0 Å². The second-order valence-corrected chi connectivity index (χ2v) is 4.67. The van der Waals surface area contributed by atoms with Crippen LogP contribution in [0.4, 0.5) is 10.1 Å². The van der Waals surface area contributed by atoms with Gasteiger partial charge in [-0.2, -0.15) is 0 Å². The average Bonchev–Trinajstić information content (AvgIpc) is 2.45. The molecule has 0 aliphatic heterocycles. The molecule has 112 valence electrons. The highest BCUT2D eigenvalue weighted by Gasteiger charge is 2.03. The van der Waals surface area contributed by atoms with Gasteiger partial charge in [0.2, 0.25) is 5.91 Å². The minimum absolute atomic E-state index is 0.116. The Bertz CT molecular complexity index is 395. The summed E-state index contributed by atoms with van der Waals surface area (Å²) in [6.45, 7) is 8.39. The lowest BCUT2D eigenvalue weighted by Crippen LogP contribution is -2.36. The van der Waals surface area contributed by atoms with Gasteiger partial charge >= 0.3 is 0 Å². The van der Waals surface area contributed by atoms with Gasteiger partial charge in [0.1, 0.15) is 5.82 Å². The van der Waals surface area contributed by atoms with Gasteiger partial charge in [0.05, 0.1) is 6.54 Å². The second-order valence-electron chi connectivity index (χ2n) is 4.67. The van der Waals surface area contributed by atoms with E-state index in [0.717, 1.165) is 32.6 Å². The predicted molar refractivity (Wildman–Crippen MR) is 80.3 cm³/mol. The number of amides is 1. The van der Waals surface area contributed by atoms with Crippen LogP contribution in [0.15, 0.2) is 24.3 Å². The van der Waals surface area contributed by atoms with E-state index < -0.39 is 0 Å². The molecule has 0 spiro atoms. The molecule has 0 bridgehead atoms. The molecule has 4 nitrogen and oxygen atoms in total. The fourth-order valence-electron chi connectivity index (χ4n) is 1.92. The predicted octanol–water partition coefficient (Wildman–Crippen LogP) is 2.09. The van der Waals surface area contributed by atoms with Crippen molar-refractivity contribution in [2.45, 2.75) is 20.3 Å². The van der Waals surface area contributed by atoms with Crippen LogP contribution in [0.2, 0.25) is 0 Å². The van der Waals surface area contributed by atoms with Crippen LogP contribution < -0.4 is 10.6 Å². The zero-order chi connectivity index (χ0) is 14.8. The van der Waals surface area contributed by atoms with Crippen molar-refractivity contribution >= 4 is 11.6 Å². The van der Waals surface area contributed by atoms with Crippen molar-refractivity contribution in [1.82, 2.24) is 10.2 Å². The first-order chi connectivity index (χ1) is 9.65. The van der Waals surface area contributed by atoms with Crippen LogP contribution >= 0.6 is 0 Å². The maximum Gasteiger partial charge on any atom is 0.238 e. The van der Waals surface area contributed by atoms with Gasteiger partial charge < -0.3 is 15.5 Å². The average molecular weight is 281 g/mol. The molecule has 0 radical (unpaired) electrons.